The zero-order chi connectivity index (χ0) is 27.7. The van der Waals surface area contributed by atoms with Crippen LogP contribution in [0.5, 0.6) is 0 Å². The molecule has 0 N–H and O–H groups in total. The highest BCUT2D eigenvalue weighted by molar-refractivity contribution is 7.80. The summed E-state index contributed by atoms with van der Waals surface area (Å²) in [4.78, 5) is 32.5. The summed E-state index contributed by atoms with van der Waals surface area (Å²) < 4.78 is 45.6. The molecule has 0 saturated carbocycles. The van der Waals surface area contributed by atoms with Crippen LogP contribution in [-0.2, 0) is 11.0 Å². The molecule has 2 fully saturated rings. The molecule has 0 unspecified atom stereocenters. The lowest BCUT2D eigenvalue weighted by molar-refractivity contribution is -0.137. The van der Waals surface area contributed by atoms with Crippen molar-refractivity contribution in [2.24, 2.45) is 0 Å². The number of piperazine rings is 1. The highest BCUT2D eigenvalue weighted by Gasteiger charge is 2.49. The molecule has 2 aliphatic heterocycles. The van der Waals surface area contributed by atoms with E-state index in [2.05, 4.69) is 4.90 Å². The molecule has 0 spiro atoms. The summed E-state index contributed by atoms with van der Waals surface area (Å²) in [7, 11) is 0. The molecule has 8 nitrogen and oxygen atoms in total. The third kappa shape index (κ3) is 5.39. The third-order valence-electron chi connectivity index (χ3n) is 7.01. The molecule has 0 atom stereocenters. The molecule has 3 heterocycles. The summed E-state index contributed by atoms with van der Waals surface area (Å²) in [6, 6.07) is 8.07. The van der Waals surface area contributed by atoms with Gasteiger partial charge in [-0.15, -0.1) is 0 Å². The number of furan rings is 1. The fraction of sp³-hybridized carbons (Fsp3) is 0.462. The van der Waals surface area contributed by atoms with Crippen LogP contribution in [-0.4, -0.2) is 76.4 Å². The van der Waals surface area contributed by atoms with Gasteiger partial charge in [-0.2, -0.15) is 18.4 Å². The number of anilines is 1. The van der Waals surface area contributed by atoms with Crippen molar-refractivity contribution in [3.63, 3.8) is 0 Å². The smallest absolute Gasteiger partial charge is 0.417 e. The van der Waals surface area contributed by atoms with Crippen LogP contribution in [0.4, 0.5) is 18.9 Å². The van der Waals surface area contributed by atoms with E-state index in [4.69, 9.17) is 21.9 Å². The zero-order valence-electron chi connectivity index (χ0n) is 21.1. The van der Waals surface area contributed by atoms with E-state index in [1.807, 2.05) is 0 Å². The third-order valence-corrected chi connectivity index (χ3v) is 7.41. The summed E-state index contributed by atoms with van der Waals surface area (Å²) in [6.07, 6.45) is -1.71. The van der Waals surface area contributed by atoms with Gasteiger partial charge in [0.1, 0.15) is 5.54 Å². The number of benzene rings is 1. The molecule has 4 rings (SSSR count). The van der Waals surface area contributed by atoms with Crippen LogP contribution >= 0.6 is 12.2 Å². The quantitative estimate of drug-likeness (QED) is 0.381. The summed E-state index contributed by atoms with van der Waals surface area (Å²) in [5.74, 6) is -0.196. The predicted octanol–water partition coefficient (Wildman–Crippen LogP) is 4.12. The first kappa shape index (κ1) is 27.6. The van der Waals surface area contributed by atoms with Crippen LogP contribution in [0.2, 0.25) is 0 Å². The Morgan fingerprint density at radius 1 is 1.13 bits per heavy atom. The average Bonchev–Trinajstić information content (AvgIpc) is 3.47. The molecule has 0 radical (unpaired) electrons. The standard InChI is InChI=1S/C26H28F3N5O3S/c1-25(2)23(36)34(19-8-7-18(17-30)20(16-19)26(27,28)29)24(38)33(25)10-4-3-9-31-11-13-32(14-12-31)22(35)21-6-5-15-37-21/h5-8,15-16H,3-4,9-14H2,1-2H3. The van der Waals surface area contributed by atoms with E-state index < -0.39 is 28.7 Å². The lowest BCUT2D eigenvalue weighted by Crippen LogP contribution is -2.49. The minimum Gasteiger partial charge on any atom is -0.459 e. The topological polar surface area (TPSA) is 84.0 Å². The second-order valence-corrected chi connectivity index (χ2v) is 10.2. The van der Waals surface area contributed by atoms with E-state index in [1.54, 1.807) is 41.8 Å². The second kappa shape index (κ2) is 10.7. The lowest BCUT2D eigenvalue weighted by atomic mass is 10.0. The summed E-state index contributed by atoms with van der Waals surface area (Å²) >= 11 is 5.54. The Hall–Kier alpha value is -3.43. The number of nitrogens with zero attached hydrogens (tertiary/aromatic N) is 5. The van der Waals surface area contributed by atoms with Gasteiger partial charge >= 0.3 is 6.18 Å². The first-order valence-electron chi connectivity index (χ1n) is 12.3. The van der Waals surface area contributed by atoms with Crippen molar-refractivity contribution in [1.82, 2.24) is 14.7 Å². The van der Waals surface area contributed by atoms with Crippen molar-refractivity contribution < 1.29 is 27.2 Å². The molecular weight excluding hydrogens is 519 g/mol. The van der Waals surface area contributed by atoms with Gasteiger partial charge in [-0.3, -0.25) is 19.4 Å². The van der Waals surface area contributed by atoms with E-state index in [1.165, 1.54) is 12.3 Å². The van der Waals surface area contributed by atoms with E-state index in [-0.39, 0.29) is 16.7 Å². The van der Waals surface area contributed by atoms with Crippen molar-refractivity contribution >= 4 is 34.8 Å². The van der Waals surface area contributed by atoms with Crippen LogP contribution in [0.1, 0.15) is 48.4 Å². The molecule has 2 aromatic rings. The molecular formula is C26H28F3N5O3S. The Morgan fingerprint density at radius 3 is 2.42 bits per heavy atom. The normalized spacial score (nSPS) is 18.3. The van der Waals surface area contributed by atoms with E-state index >= 15 is 0 Å². The van der Waals surface area contributed by atoms with Crippen molar-refractivity contribution in [3.05, 3.63) is 53.5 Å². The Morgan fingerprint density at radius 2 is 1.82 bits per heavy atom. The zero-order valence-corrected chi connectivity index (χ0v) is 21.9. The summed E-state index contributed by atoms with van der Waals surface area (Å²) in [6.45, 7) is 7.38. The first-order chi connectivity index (χ1) is 17.9. The Labute approximate surface area is 224 Å². The number of thiocarbonyl (C=S) groups is 1. The molecule has 0 aliphatic carbocycles. The first-order valence-corrected chi connectivity index (χ1v) is 12.7. The van der Waals surface area contributed by atoms with E-state index in [0.29, 0.717) is 25.4 Å². The minimum atomic E-state index is -4.74. The van der Waals surface area contributed by atoms with Gasteiger partial charge in [0.25, 0.3) is 11.8 Å². The average molecular weight is 548 g/mol. The maximum absolute atomic E-state index is 13.5. The maximum Gasteiger partial charge on any atom is 0.417 e. The lowest BCUT2D eigenvalue weighted by Gasteiger charge is -2.34. The van der Waals surface area contributed by atoms with Crippen LogP contribution in [0.3, 0.4) is 0 Å². The number of rotatable bonds is 7. The Kier molecular flexibility index (Phi) is 7.80. The number of carbonyl (C=O) groups excluding carboxylic acids is 2. The highest BCUT2D eigenvalue weighted by atomic mass is 32.1. The molecule has 38 heavy (non-hydrogen) atoms. The monoisotopic (exact) mass is 547 g/mol. The van der Waals surface area contributed by atoms with Gasteiger partial charge in [0.2, 0.25) is 0 Å². The van der Waals surface area contributed by atoms with E-state index in [9.17, 15) is 22.8 Å². The number of halogens is 3. The van der Waals surface area contributed by atoms with Crippen molar-refractivity contribution in [2.45, 2.75) is 38.4 Å². The largest absolute Gasteiger partial charge is 0.459 e. The van der Waals surface area contributed by atoms with Gasteiger partial charge < -0.3 is 14.2 Å². The van der Waals surface area contributed by atoms with Gasteiger partial charge in [-0.1, -0.05) is 0 Å². The maximum atomic E-state index is 13.5. The number of hydrogen-bond acceptors (Lipinski definition) is 6. The number of carbonyl (C=O) groups is 2. The molecule has 1 aromatic heterocycles. The molecule has 0 bridgehead atoms. The minimum absolute atomic E-state index is 0.0103. The van der Waals surface area contributed by atoms with Crippen molar-refractivity contribution in [3.8, 4) is 6.07 Å². The summed E-state index contributed by atoms with van der Waals surface area (Å²) in [5, 5.41) is 9.21. The Balaban J connectivity index is 1.33. The molecule has 1 aromatic carbocycles. The van der Waals surface area contributed by atoms with Gasteiger partial charge in [-0.25, -0.2) is 0 Å². The second-order valence-electron chi connectivity index (χ2n) is 9.79. The molecule has 2 saturated heterocycles. The van der Waals surface area contributed by atoms with Crippen LogP contribution in [0.15, 0.2) is 41.0 Å². The summed E-state index contributed by atoms with van der Waals surface area (Å²) in [5.41, 5.74) is -2.65. The van der Waals surface area contributed by atoms with Gasteiger partial charge in [-0.05, 0) is 75.8 Å². The fourth-order valence-electron chi connectivity index (χ4n) is 4.78. The van der Waals surface area contributed by atoms with Gasteiger partial charge in [0, 0.05) is 32.7 Å². The predicted molar refractivity (Wildman–Crippen MR) is 137 cm³/mol. The van der Waals surface area contributed by atoms with Crippen molar-refractivity contribution in [1.29, 1.82) is 5.26 Å². The molecule has 2 aliphatic rings. The van der Waals surface area contributed by atoms with Crippen LogP contribution in [0.25, 0.3) is 0 Å². The number of alkyl halides is 3. The number of unbranched alkanes of at least 4 members (excludes halogenated alkanes) is 1. The van der Waals surface area contributed by atoms with Gasteiger partial charge in [0.05, 0.1) is 29.1 Å². The number of hydrogen-bond donors (Lipinski definition) is 0. The molecule has 2 amide bonds. The van der Waals surface area contributed by atoms with Crippen LogP contribution < -0.4 is 4.90 Å². The fourth-order valence-corrected chi connectivity index (χ4v) is 5.29. The SMILES string of the molecule is CC1(C)C(=O)N(c2ccc(C#N)c(C(F)(F)F)c2)C(=S)N1CCCCN1CCN(C(=O)c2ccco2)CC1. The van der Waals surface area contributed by atoms with Crippen molar-refractivity contribution in [2.75, 3.05) is 44.2 Å². The van der Waals surface area contributed by atoms with Gasteiger partial charge in [0.15, 0.2) is 10.9 Å². The van der Waals surface area contributed by atoms with E-state index in [0.717, 1.165) is 49.5 Å². The number of amides is 2. The Bertz CT molecular complexity index is 1250. The molecule has 12 heteroatoms. The van der Waals surface area contributed by atoms with Crippen LogP contribution in [0, 0.1) is 11.3 Å². The number of nitriles is 1. The molecule has 202 valence electrons. The highest BCUT2D eigenvalue weighted by Crippen LogP contribution is 2.38.